The molecule has 2 N–H and O–H groups in total. The lowest BCUT2D eigenvalue weighted by Gasteiger charge is -2.27. The van der Waals surface area contributed by atoms with E-state index in [1.54, 1.807) is 0 Å². The third-order valence-corrected chi connectivity index (χ3v) is 4.25. The van der Waals surface area contributed by atoms with Crippen LogP contribution in [0.3, 0.4) is 0 Å². The van der Waals surface area contributed by atoms with Gasteiger partial charge in [-0.15, -0.1) is 0 Å². The molecule has 132 valence electrons. The van der Waals surface area contributed by atoms with Crippen LogP contribution in [-0.2, 0) is 14.1 Å². The number of fused-ring (bicyclic) bond motifs is 1. The van der Waals surface area contributed by atoms with Crippen molar-refractivity contribution in [3.63, 3.8) is 0 Å². The van der Waals surface area contributed by atoms with E-state index in [-0.39, 0.29) is 28.6 Å². The summed E-state index contributed by atoms with van der Waals surface area (Å²) in [5, 5.41) is 20.3. The highest BCUT2D eigenvalue weighted by atomic mass is 16.6. The van der Waals surface area contributed by atoms with Crippen molar-refractivity contribution >= 4 is 5.69 Å². The summed E-state index contributed by atoms with van der Waals surface area (Å²) in [6.45, 7) is 0. The van der Waals surface area contributed by atoms with Gasteiger partial charge in [0.25, 0.3) is 11.2 Å². The van der Waals surface area contributed by atoms with Crippen molar-refractivity contribution in [3.8, 4) is 11.9 Å². The third kappa shape index (κ3) is 2.34. The first-order valence-corrected chi connectivity index (χ1v) is 7.39. The van der Waals surface area contributed by atoms with Gasteiger partial charge in [-0.05, 0) is 5.56 Å². The van der Waals surface area contributed by atoms with Gasteiger partial charge in [0.2, 0.25) is 11.8 Å². The second kappa shape index (κ2) is 5.89. The second-order valence-electron chi connectivity index (χ2n) is 5.70. The van der Waals surface area contributed by atoms with Gasteiger partial charge in [-0.1, -0.05) is 12.1 Å². The van der Waals surface area contributed by atoms with E-state index in [2.05, 4.69) is 0 Å². The number of nitrogens with zero attached hydrogens (tertiary/aromatic N) is 4. The minimum atomic E-state index is -0.907. The Morgan fingerprint density at radius 2 is 1.85 bits per heavy atom. The molecule has 1 aliphatic rings. The van der Waals surface area contributed by atoms with E-state index >= 15 is 0 Å². The van der Waals surface area contributed by atoms with Crippen LogP contribution < -0.4 is 21.7 Å². The summed E-state index contributed by atoms with van der Waals surface area (Å²) in [5.74, 6) is -1.19. The van der Waals surface area contributed by atoms with Crippen molar-refractivity contribution in [3.05, 3.63) is 77.8 Å². The van der Waals surface area contributed by atoms with Gasteiger partial charge < -0.3 is 10.5 Å². The highest BCUT2D eigenvalue weighted by Crippen LogP contribution is 2.39. The van der Waals surface area contributed by atoms with Gasteiger partial charge in [0.15, 0.2) is 0 Å². The molecule has 0 bridgehead atoms. The first-order valence-electron chi connectivity index (χ1n) is 7.39. The van der Waals surface area contributed by atoms with Crippen LogP contribution in [0.4, 0.5) is 5.69 Å². The molecule has 1 unspecified atom stereocenters. The molecule has 0 radical (unpaired) electrons. The van der Waals surface area contributed by atoms with Crippen molar-refractivity contribution in [1.29, 1.82) is 5.26 Å². The first-order chi connectivity index (χ1) is 12.3. The molecule has 2 aromatic rings. The summed E-state index contributed by atoms with van der Waals surface area (Å²) in [5.41, 5.74) is 4.94. The fourth-order valence-electron chi connectivity index (χ4n) is 2.91. The van der Waals surface area contributed by atoms with Crippen molar-refractivity contribution in [2.24, 2.45) is 19.8 Å². The summed E-state index contributed by atoms with van der Waals surface area (Å²) in [7, 11) is 2.73. The molecule has 1 atom stereocenters. The van der Waals surface area contributed by atoms with Gasteiger partial charge in [0.05, 0.1) is 16.4 Å². The molecule has 10 nitrogen and oxygen atoms in total. The fourth-order valence-corrected chi connectivity index (χ4v) is 2.91. The summed E-state index contributed by atoms with van der Waals surface area (Å²) in [6, 6.07) is 7.33. The van der Waals surface area contributed by atoms with Crippen LogP contribution in [0, 0.1) is 21.4 Å². The quantitative estimate of drug-likeness (QED) is 0.598. The van der Waals surface area contributed by atoms with E-state index in [9.17, 15) is 25.0 Å². The number of non-ortho nitro benzene ring substituents is 1. The molecule has 10 heteroatoms. The molecule has 3 rings (SSSR count). The number of nitriles is 1. The Balaban J connectivity index is 2.34. The lowest BCUT2D eigenvalue weighted by molar-refractivity contribution is -0.384. The maximum absolute atomic E-state index is 12.7. The number of nitro benzene ring substituents is 1. The Bertz CT molecular complexity index is 1120. The van der Waals surface area contributed by atoms with Gasteiger partial charge in [-0.3, -0.25) is 24.0 Å². The molecule has 1 aliphatic heterocycles. The summed E-state index contributed by atoms with van der Waals surface area (Å²) in [4.78, 5) is 35.1. The highest BCUT2D eigenvalue weighted by molar-refractivity contribution is 5.53. The van der Waals surface area contributed by atoms with Crippen LogP contribution in [0.5, 0.6) is 5.88 Å². The Labute approximate surface area is 146 Å². The van der Waals surface area contributed by atoms with Gasteiger partial charge >= 0.3 is 5.69 Å². The molecule has 0 saturated heterocycles. The smallest absolute Gasteiger partial charge is 0.333 e. The Hall–Kier alpha value is -3.87. The maximum atomic E-state index is 12.7. The summed E-state index contributed by atoms with van der Waals surface area (Å²) in [6.07, 6.45) is 0. The van der Waals surface area contributed by atoms with Gasteiger partial charge in [-0.2, -0.15) is 5.26 Å². The number of hydrogen-bond donors (Lipinski definition) is 1. The summed E-state index contributed by atoms with van der Waals surface area (Å²) < 4.78 is 7.39. The van der Waals surface area contributed by atoms with E-state index in [0.29, 0.717) is 5.56 Å². The predicted molar refractivity (Wildman–Crippen MR) is 89.3 cm³/mol. The molecular formula is C16H13N5O5. The van der Waals surface area contributed by atoms with E-state index in [1.807, 2.05) is 6.07 Å². The normalized spacial score (nSPS) is 15.8. The van der Waals surface area contributed by atoms with Gasteiger partial charge in [0, 0.05) is 26.2 Å². The van der Waals surface area contributed by atoms with Crippen LogP contribution >= 0.6 is 0 Å². The molecule has 0 spiro atoms. The Kier molecular flexibility index (Phi) is 3.84. The molecule has 1 aromatic heterocycles. The number of benzene rings is 1. The number of aromatic nitrogens is 2. The molecule has 0 amide bonds. The maximum Gasteiger partial charge on any atom is 0.333 e. The largest absolute Gasteiger partial charge is 0.423 e. The lowest BCUT2D eigenvalue weighted by Crippen LogP contribution is -2.42. The lowest BCUT2D eigenvalue weighted by atomic mass is 9.85. The van der Waals surface area contributed by atoms with Gasteiger partial charge in [-0.25, -0.2) is 4.79 Å². The fraction of sp³-hybridized carbons (Fsp3) is 0.188. The summed E-state index contributed by atoms with van der Waals surface area (Å²) >= 11 is 0. The van der Waals surface area contributed by atoms with Crippen LogP contribution in [0.2, 0.25) is 0 Å². The Morgan fingerprint density at radius 1 is 1.23 bits per heavy atom. The van der Waals surface area contributed by atoms with E-state index in [0.717, 1.165) is 9.13 Å². The minimum Gasteiger partial charge on any atom is -0.423 e. The first kappa shape index (κ1) is 17.0. The molecular weight excluding hydrogens is 342 g/mol. The van der Waals surface area contributed by atoms with Crippen LogP contribution in [0.1, 0.15) is 17.0 Å². The number of rotatable bonds is 2. The number of allylic oxidation sites excluding steroid dienone is 1. The molecule has 0 fully saturated rings. The zero-order valence-electron chi connectivity index (χ0n) is 13.8. The molecule has 0 saturated carbocycles. The minimum absolute atomic E-state index is 0.0119. The molecule has 0 aliphatic carbocycles. The Morgan fingerprint density at radius 3 is 2.38 bits per heavy atom. The molecule has 1 aromatic carbocycles. The number of ether oxygens (including phenoxy) is 1. The molecule has 26 heavy (non-hydrogen) atoms. The number of hydrogen-bond acceptors (Lipinski definition) is 7. The third-order valence-electron chi connectivity index (χ3n) is 4.25. The monoisotopic (exact) mass is 355 g/mol. The van der Waals surface area contributed by atoms with Gasteiger partial charge in [0.1, 0.15) is 11.6 Å². The zero-order valence-corrected chi connectivity index (χ0v) is 13.8. The van der Waals surface area contributed by atoms with E-state index in [4.69, 9.17) is 10.5 Å². The van der Waals surface area contributed by atoms with Crippen LogP contribution in [0.25, 0.3) is 0 Å². The van der Waals surface area contributed by atoms with Crippen molar-refractivity contribution in [2.45, 2.75) is 5.92 Å². The number of nitrogens with two attached hydrogens (primary N) is 1. The molecule has 2 heterocycles. The van der Waals surface area contributed by atoms with Crippen molar-refractivity contribution in [1.82, 2.24) is 9.13 Å². The van der Waals surface area contributed by atoms with Crippen molar-refractivity contribution in [2.75, 3.05) is 0 Å². The van der Waals surface area contributed by atoms with E-state index < -0.39 is 22.1 Å². The van der Waals surface area contributed by atoms with Crippen molar-refractivity contribution < 1.29 is 9.66 Å². The van der Waals surface area contributed by atoms with Crippen LogP contribution in [-0.4, -0.2) is 14.1 Å². The average Bonchev–Trinajstić information content (AvgIpc) is 2.63. The SMILES string of the molecule is Cn1c2c(c(=O)n(C)c1=O)C(c1ccc([N+](=O)[O-])cc1)C(C#N)=C(N)O2. The van der Waals surface area contributed by atoms with Crippen LogP contribution in [0.15, 0.2) is 45.3 Å². The zero-order chi connectivity index (χ0) is 19.2. The average molecular weight is 355 g/mol. The topological polar surface area (TPSA) is 146 Å². The predicted octanol–water partition coefficient (Wildman–Crippen LogP) is 0.210. The standard InChI is InChI=1S/C16H13N5O5/c1-19-14(22)12-11(8-3-5-9(6-4-8)21(24)25)10(7-17)13(18)26-15(12)20(2)16(19)23/h3-6,11H,18H2,1-2H3. The number of nitro groups is 1. The second-order valence-corrected chi connectivity index (χ2v) is 5.70. The van der Waals surface area contributed by atoms with E-state index in [1.165, 1.54) is 38.4 Å². The highest BCUT2D eigenvalue weighted by Gasteiger charge is 2.36.